The number of hydrogen-bond donors (Lipinski definition) is 1. The van der Waals surface area contributed by atoms with E-state index in [4.69, 9.17) is 0 Å². The highest BCUT2D eigenvalue weighted by atomic mass is 16.6. The molecule has 0 spiro atoms. The van der Waals surface area contributed by atoms with Crippen molar-refractivity contribution in [2.24, 2.45) is 12.1 Å². The first-order valence-corrected chi connectivity index (χ1v) is 5.86. The zero-order chi connectivity index (χ0) is 16.3. The van der Waals surface area contributed by atoms with Gasteiger partial charge in [0, 0.05) is 6.07 Å². The molecule has 1 N–H and O–H groups in total. The molecule has 0 saturated heterocycles. The van der Waals surface area contributed by atoms with Crippen LogP contribution < -0.4 is 5.43 Å². The Hall–Kier alpha value is -3.44. The van der Waals surface area contributed by atoms with Gasteiger partial charge in [0.05, 0.1) is 23.0 Å². The number of nitro benzene ring substituents is 2. The Bertz CT molecular complexity index is 768. The first-order chi connectivity index (χ1) is 10.4. The molecule has 22 heavy (non-hydrogen) atoms. The first-order valence-electron chi connectivity index (χ1n) is 5.86. The van der Waals surface area contributed by atoms with Crippen molar-refractivity contribution < 1.29 is 9.85 Å². The standard InChI is InChI=1S/C10H10N8O4/c1-6(10-13-15-16(2)14-10)11-12-8-4-3-7(17(19)20)5-9(8)18(21)22/h3-5,12H,1-2H3/b11-6+. The summed E-state index contributed by atoms with van der Waals surface area (Å²) in [4.78, 5) is 21.4. The minimum Gasteiger partial charge on any atom is -0.271 e. The fourth-order valence-corrected chi connectivity index (χ4v) is 1.50. The largest absolute Gasteiger partial charge is 0.301 e. The lowest BCUT2D eigenvalue weighted by Crippen LogP contribution is -2.04. The van der Waals surface area contributed by atoms with Gasteiger partial charge < -0.3 is 0 Å². The monoisotopic (exact) mass is 306 g/mol. The predicted octanol–water partition coefficient (Wildman–Crippen LogP) is 0.863. The summed E-state index contributed by atoms with van der Waals surface area (Å²) < 4.78 is 0. The molecule has 0 amide bonds. The zero-order valence-corrected chi connectivity index (χ0v) is 11.5. The summed E-state index contributed by atoms with van der Waals surface area (Å²) in [6.07, 6.45) is 0. The average molecular weight is 306 g/mol. The van der Waals surface area contributed by atoms with Crippen molar-refractivity contribution >= 4 is 22.8 Å². The summed E-state index contributed by atoms with van der Waals surface area (Å²) in [7, 11) is 1.58. The molecule has 12 nitrogen and oxygen atoms in total. The minimum absolute atomic E-state index is 0.0128. The molecule has 114 valence electrons. The molecular formula is C10H10N8O4. The van der Waals surface area contributed by atoms with Crippen LogP contribution >= 0.6 is 0 Å². The van der Waals surface area contributed by atoms with Crippen LogP contribution in [-0.2, 0) is 7.05 Å². The van der Waals surface area contributed by atoms with E-state index < -0.39 is 15.5 Å². The van der Waals surface area contributed by atoms with Crippen LogP contribution in [0.1, 0.15) is 12.7 Å². The summed E-state index contributed by atoms with van der Waals surface area (Å²) in [5.41, 5.74) is 1.99. The van der Waals surface area contributed by atoms with E-state index in [0.717, 1.165) is 12.1 Å². The summed E-state index contributed by atoms with van der Waals surface area (Å²) >= 11 is 0. The number of hydrogen-bond acceptors (Lipinski definition) is 9. The summed E-state index contributed by atoms with van der Waals surface area (Å²) in [6, 6.07) is 3.20. The third-order valence-corrected chi connectivity index (χ3v) is 2.56. The van der Waals surface area contributed by atoms with Gasteiger partial charge in [0.15, 0.2) is 0 Å². The van der Waals surface area contributed by atoms with Gasteiger partial charge in [0.2, 0.25) is 5.82 Å². The topological polar surface area (TPSA) is 154 Å². The fraction of sp³-hybridized carbons (Fsp3) is 0.200. The number of rotatable bonds is 5. The summed E-state index contributed by atoms with van der Waals surface area (Å²) in [5.74, 6) is 0.250. The predicted molar refractivity (Wildman–Crippen MR) is 74.4 cm³/mol. The first kappa shape index (κ1) is 15.0. The summed E-state index contributed by atoms with van der Waals surface area (Å²) in [6.45, 7) is 1.58. The lowest BCUT2D eigenvalue weighted by atomic mass is 10.2. The maximum atomic E-state index is 11.0. The molecule has 1 heterocycles. The molecule has 0 bridgehead atoms. The van der Waals surface area contributed by atoms with Crippen molar-refractivity contribution in [3.63, 3.8) is 0 Å². The van der Waals surface area contributed by atoms with Crippen molar-refractivity contribution in [1.29, 1.82) is 0 Å². The molecule has 0 aliphatic carbocycles. The van der Waals surface area contributed by atoms with Gasteiger partial charge in [-0.1, -0.05) is 0 Å². The number of nitrogens with one attached hydrogen (secondary N) is 1. The van der Waals surface area contributed by atoms with Crippen LogP contribution in [0.15, 0.2) is 23.3 Å². The molecule has 2 rings (SSSR count). The Balaban J connectivity index is 2.29. The lowest BCUT2D eigenvalue weighted by Gasteiger charge is -2.02. The molecule has 2 aromatic rings. The molecule has 0 radical (unpaired) electrons. The Kier molecular flexibility index (Phi) is 4.01. The highest BCUT2D eigenvalue weighted by molar-refractivity contribution is 5.95. The maximum absolute atomic E-state index is 11.0. The quantitative estimate of drug-likeness (QED) is 0.484. The third kappa shape index (κ3) is 3.17. The number of nitrogens with zero attached hydrogens (tertiary/aromatic N) is 7. The van der Waals surface area contributed by atoms with E-state index in [-0.39, 0.29) is 17.2 Å². The van der Waals surface area contributed by atoms with Gasteiger partial charge in [-0.3, -0.25) is 25.7 Å². The van der Waals surface area contributed by atoms with E-state index in [2.05, 4.69) is 25.9 Å². The van der Waals surface area contributed by atoms with Gasteiger partial charge >= 0.3 is 5.69 Å². The van der Waals surface area contributed by atoms with E-state index in [1.54, 1.807) is 14.0 Å². The van der Waals surface area contributed by atoms with Crippen LogP contribution in [0.25, 0.3) is 0 Å². The number of benzene rings is 1. The van der Waals surface area contributed by atoms with E-state index in [0.29, 0.717) is 5.71 Å². The second-order valence-corrected chi connectivity index (χ2v) is 4.13. The van der Waals surface area contributed by atoms with E-state index in [1.165, 1.54) is 10.9 Å². The van der Waals surface area contributed by atoms with E-state index in [9.17, 15) is 20.2 Å². The van der Waals surface area contributed by atoms with E-state index >= 15 is 0 Å². The SMILES string of the molecule is C/C(=N\Nc1ccc([N+](=O)[O-])cc1[N+](=O)[O-])c1nnn(C)n1. The third-order valence-electron chi connectivity index (χ3n) is 2.56. The smallest absolute Gasteiger partial charge is 0.271 e. The highest BCUT2D eigenvalue weighted by Crippen LogP contribution is 2.28. The number of hydrazone groups is 1. The Morgan fingerprint density at radius 1 is 1.32 bits per heavy atom. The van der Waals surface area contributed by atoms with Crippen molar-refractivity contribution in [2.75, 3.05) is 5.43 Å². The number of nitro groups is 2. The van der Waals surface area contributed by atoms with Crippen LogP contribution in [-0.4, -0.2) is 35.8 Å². The number of aromatic nitrogens is 4. The van der Waals surface area contributed by atoms with Gasteiger partial charge in [-0.15, -0.1) is 10.2 Å². The molecule has 0 fully saturated rings. The normalized spacial score (nSPS) is 11.3. The minimum atomic E-state index is -0.735. The van der Waals surface area contributed by atoms with Gasteiger partial charge in [-0.2, -0.15) is 9.90 Å². The molecule has 0 atom stereocenters. The highest BCUT2D eigenvalue weighted by Gasteiger charge is 2.19. The average Bonchev–Trinajstić information content (AvgIpc) is 2.91. The number of non-ortho nitro benzene ring substituents is 1. The van der Waals surface area contributed by atoms with Crippen molar-refractivity contribution in [3.8, 4) is 0 Å². The van der Waals surface area contributed by atoms with Gasteiger partial charge in [0.1, 0.15) is 11.4 Å². The van der Waals surface area contributed by atoms with Gasteiger partial charge in [-0.05, 0) is 18.2 Å². The zero-order valence-electron chi connectivity index (χ0n) is 11.5. The fourth-order valence-electron chi connectivity index (χ4n) is 1.50. The van der Waals surface area contributed by atoms with Crippen LogP contribution in [0, 0.1) is 20.2 Å². The second-order valence-electron chi connectivity index (χ2n) is 4.13. The van der Waals surface area contributed by atoms with Crippen molar-refractivity contribution in [3.05, 3.63) is 44.3 Å². The van der Waals surface area contributed by atoms with Crippen LogP contribution in [0.4, 0.5) is 17.1 Å². The van der Waals surface area contributed by atoms with Crippen LogP contribution in [0.5, 0.6) is 0 Å². The molecule has 1 aromatic carbocycles. The van der Waals surface area contributed by atoms with Crippen molar-refractivity contribution in [1.82, 2.24) is 20.2 Å². The lowest BCUT2D eigenvalue weighted by molar-refractivity contribution is -0.393. The Labute approximate surface area is 122 Å². The molecule has 1 aromatic heterocycles. The van der Waals surface area contributed by atoms with Gasteiger partial charge in [-0.25, -0.2) is 0 Å². The van der Waals surface area contributed by atoms with Crippen LogP contribution in [0.2, 0.25) is 0 Å². The van der Waals surface area contributed by atoms with Crippen molar-refractivity contribution in [2.45, 2.75) is 6.92 Å². The molecule has 12 heteroatoms. The molecular weight excluding hydrogens is 296 g/mol. The molecule has 0 aliphatic heterocycles. The molecule has 0 aliphatic rings. The number of aryl methyl sites for hydroxylation is 1. The second kappa shape index (κ2) is 5.90. The maximum Gasteiger partial charge on any atom is 0.301 e. The Morgan fingerprint density at radius 2 is 2.05 bits per heavy atom. The molecule has 0 unspecified atom stereocenters. The molecule has 0 saturated carbocycles. The van der Waals surface area contributed by atoms with Crippen LogP contribution in [0.3, 0.4) is 0 Å². The number of anilines is 1. The van der Waals surface area contributed by atoms with E-state index in [1.807, 2.05) is 0 Å². The van der Waals surface area contributed by atoms with Gasteiger partial charge in [0.25, 0.3) is 5.69 Å². The summed E-state index contributed by atoms with van der Waals surface area (Å²) in [5, 5.41) is 36.8. The Morgan fingerprint density at radius 3 is 2.59 bits per heavy atom. The number of tetrazole rings is 1.